The summed E-state index contributed by atoms with van der Waals surface area (Å²) in [6.45, 7) is 8.14. The zero-order valence-electron chi connectivity index (χ0n) is 9.74. The van der Waals surface area contributed by atoms with E-state index in [-0.39, 0.29) is 5.54 Å². The normalized spacial score (nSPS) is 43.4. The fraction of sp³-hybridized carbons (Fsp3) is 1.00. The molecule has 0 amide bonds. The van der Waals surface area contributed by atoms with Gasteiger partial charge in [-0.3, -0.25) is 4.90 Å². The average molecular weight is 230 g/mol. The average Bonchev–Trinajstić information content (AvgIpc) is 2.61. The largest absolute Gasteiger partial charge is 0.379 e. The predicted octanol–water partition coefficient (Wildman–Crippen LogP) is 0.930. The molecule has 0 aromatic rings. The molecular weight excluding hydrogens is 208 g/mol. The molecule has 2 fully saturated rings. The Kier molecular flexibility index (Phi) is 3.60. The molecule has 2 saturated heterocycles. The third-order valence-electron chi connectivity index (χ3n) is 3.95. The Morgan fingerprint density at radius 1 is 1.53 bits per heavy atom. The van der Waals surface area contributed by atoms with E-state index < -0.39 is 0 Å². The molecule has 2 N–H and O–H groups in total. The molecule has 0 saturated carbocycles. The van der Waals surface area contributed by atoms with Gasteiger partial charge >= 0.3 is 0 Å². The highest BCUT2D eigenvalue weighted by atomic mass is 32.2. The zero-order valence-corrected chi connectivity index (χ0v) is 10.6. The molecule has 2 aliphatic rings. The molecule has 0 radical (unpaired) electrons. The zero-order chi connectivity index (χ0) is 10.9. The van der Waals surface area contributed by atoms with E-state index in [1.54, 1.807) is 0 Å². The minimum atomic E-state index is 0.230. The van der Waals surface area contributed by atoms with Crippen LogP contribution in [0.4, 0.5) is 0 Å². The lowest BCUT2D eigenvalue weighted by atomic mass is 9.88. The monoisotopic (exact) mass is 230 g/mol. The van der Waals surface area contributed by atoms with Crippen LogP contribution in [0.5, 0.6) is 0 Å². The summed E-state index contributed by atoms with van der Waals surface area (Å²) in [5.41, 5.74) is 6.29. The Hall–Kier alpha value is 0.230. The van der Waals surface area contributed by atoms with E-state index in [2.05, 4.69) is 30.5 Å². The fourth-order valence-corrected chi connectivity index (χ4v) is 4.41. The molecule has 0 aromatic carbocycles. The summed E-state index contributed by atoms with van der Waals surface area (Å²) in [6.07, 6.45) is 1.24. The minimum absolute atomic E-state index is 0.230. The van der Waals surface area contributed by atoms with E-state index in [9.17, 15) is 0 Å². The van der Waals surface area contributed by atoms with Crippen LogP contribution in [-0.4, -0.2) is 53.8 Å². The van der Waals surface area contributed by atoms with Gasteiger partial charge < -0.3 is 10.5 Å². The number of hydrogen-bond donors (Lipinski definition) is 1. The molecular formula is C11H22N2OS. The van der Waals surface area contributed by atoms with Gasteiger partial charge in [-0.2, -0.15) is 11.8 Å². The number of morpholine rings is 1. The smallest absolute Gasteiger partial charge is 0.0620 e. The van der Waals surface area contributed by atoms with Crippen molar-refractivity contribution in [1.29, 1.82) is 0 Å². The van der Waals surface area contributed by atoms with Gasteiger partial charge in [0, 0.05) is 29.9 Å². The molecule has 2 aliphatic heterocycles. The molecule has 2 heterocycles. The first-order chi connectivity index (χ1) is 7.20. The maximum absolute atomic E-state index is 6.06. The molecule has 0 aromatic heterocycles. The molecule has 2 rings (SSSR count). The number of thioether (sulfide) groups is 1. The SMILES string of the molecule is CC1COCCN1C1(CN)CCSC1C. The Morgan fingerprint density at radius 2 is 2.33 bits per heavy atom. The Labute approximate surface area is 96.7 Å². The van der Waals surface area contributed by atoms with Gasteiger partial charge in [0.15, 0.2) is 0 Å². The van der Waals surface area contributed by atoms with Crippen LogP contribution in [0.15, 0.2) is 0 Å². The van der Waals surface area contributed by atoms with Gasteiger partial charge in [-0.05, 0) is 19.1 Å². The van der Waals surface area contributed by atoms with Crippen LogP contribution in [0.2, 0.25) is 0 Å². The summed E-state index contributed by atoms with van der Waals surface area (Å²) in [4.78, 5) is 2.60. The highest BCUT2D eigenvalue weighted by Gasteiger charge is 2.46. The Balaban J connectivity index is 2.16. The van der Waals surface area contributed by atoms with Crippen molar-refractivity contribution >= 4 is 11.8 Å². The van der Waals surface area contributed by atoms with Crippen molar-refractivity contribution in [2.45, 2.75) is 37.1 Å². The summed E-state index contributed by atoms with van der Waals surface area (Å²) >= 11 is 2.06. The van der Waals surface area contributed by atoms with E-state index in [1.807, 2.05) is 0 Å². The van der Waals surface area contributed by atoms with Gasteiger partial charge in [-0.1, -0.05) is 6.92 Å². The minimum Gasteiger partial charge on any atom is -0.379 e. The molecule has 0 spiro atoms. The lowest BCUT2D eigenvalue weighted by Crippen LogP contribution is -2.63. The van der Waals surface area contributed by atoms with Gasteiger partial charge in [0.05, 0.1) is 13.2 Å². The molecule has 15 heavy (non-hydrogen) atoms. The van der Waals surface area contributed by atoms with Crippen LogP contribution in [0.25, 0.3) is 0 Å². The van der Waals surface area contributed by atoms with Crippen LogP contribution in [0.3, 0.4) is 0 Å². The van der Waals surface area contributed by atoms with Crippen LogP contribution in [0, 0.1) is 0 Å². The van der Waals surface area contributed by atoms with Crippen LogP contribution in [0.1, 0.15) is 20.3 Å². The highest BCUT2D eigenvalue weighted by Crippen LogP contribution is 2.40. The van der Waals surface area contributed by atoms with Crippen molar-refractivity contribution in [3.63, 3.8) is 0 Å². The molecule has 0 aliphatic carbocycles. The van der Waals surface area contributed by atoms with Gasteiger partial charge in [-0.25, -0.2) is 0 Å². The molecule has 88 valence electrons. The summed E-state index contributed by atoms with van der Waals surface area (Å²) in [5.74, 6) is 1.25. The van der Waals surface area contributed by atoms with E-state index >= 15 is 0 Å². The molecule has 3 nitrogen and oxygen atoms in total. The second-order valence-corrected chi connectivity index (χ2v) is 6.14. The fourth-order valence-electron chi connectivity index (χ4n) is 2.92. The molecule has 4 heteroatoms. The number of nitrogens with zero attached hydrogens (tertiary/aromatic N) is 1. The van der Waals surface area contributed by atoms with Crippen molar-refractivity contribution in [2.24, 2.45) is 5.73 Å². The van der Waals surface area contributed by atoms with Gasteiger partial charge in [0.1, 0.15) is 0 Å². The number of ether oxygens (including phenoxy) is 1. The highest BCUT2D eigenvalue weighted by molar-refractivity contribution is 8.00. The first kappa shape index (κ1) is 11.7. The number of hydrogen-bond acceptors (Lipinski definition) is 4. The van der Waals surface area contributed by atoms with E-state index in [0.717, 1.165) is 26.3 Å². The maximum Gasteiger partial charge on any atom is 0.0620 e. The first-order valence-corrected chi connectivity index (χ1v) is 6.92. The van der Waals surface area contributed by atoms with Crippen LogP contribution in [-0.2, 0) is 4.74 Å². The lowest BCUT2D eigenvalue weighted by Gasteiger charge is -2.48. The summed E-state index contributed by atoms with van der Waals surface area (Å²) in [6, 6.07) is 0.517. The quantitative estimate of drug-likeness (QED) is 0.766. The van der Waals surface area contributed by atoms with E-state index in [1.165, 1.54) is 12.2 Å². The Bertz CT molecular complexity index is 227. The summed E-state index contributed by atoms with van der Waals surface area (Å²) in [5, 5.41) is 0.656. The van der Waals surface area contributed by atoms with Crippen LogP contribution < -0.4 is 5.73 Å². The van der Waals surface area contributed by atoms with Crippen LogP contribution >= 0.6 is 11.8 Å². The van der Waals surface area contributed by atoms with E-state index in [4.69, 9.17) is 10.5 Å². The summed E-state index contributed by atoms with van der Waals surface area (Å²) < 4.78 is 5.51. The predicted molar refractivity (Wildman–Crippen MR) is 65.3 cm³/mol. The van der Waals surface area contributed by atoms with Crippen molar-refractivity contribution in [2.75, 3.05) is 32.1 Å². The van der Waals surface area contributed by atoms with Crippen molar-refractivity contribution < 1.29 is 4.74 Å². The standard InChI is InChI=1S/C11H22N2OS/c1-9-7-14-5-4-13(9)11(8-12)3-6-15-10(11)2/h9-10H,3-8,12H2,1-2H3. The third kappa shape index (κ3) is 1.93. The second-order valence-electron chi connectivity index (χ2n) is 4.69. The topological polar surface area (TPSA) is 38.5 Å². The number of rotatable bonds is 2. The lowest BCUT2D eigenvalue weighted by molar-refractivity contribution is -0.0548. The van der Waals surface area contributed by atoms with Gasteiger partial charge in [0.2, 0.25) is 0 Å². The van der Waals surface area contributed by atoms with Crippen molar-refractivity contribution in [1.82, 2.24) is 4.90 Å². The third-order valence-corrected chi connectivity index (χ3v) is 5.33. The van der Waals surface area contributed by atoms with Crippen molar-refractivity contribution in [3.8, 4) is 0 Å². The second kappa shape index (κ2) is 4.62. The van der Waals surface area contributed by atoms with E-state index in [0.29, 0.717) is 11.3 Å². The number of nitrogens with two attached hydrogens (primary N) is 1. The Morgan fingerprint density at radius 3 is 2.87 bits per heavy atom. The first-order valence-electron chi connectivity index (χ1n) is 5.87. The summed E-state index contributed by atoms with van der Waals surface area (Å²) in [7, 11) is 0. The molecule has 3 unspecified atom stereocenters. The maximum atomic E-state index is 6.06. The molecule has 0 bridgehead atoms. The van der Waals surface area contributed by atoms with Crippen molar-refractivity contribution in [3.05, 3.63) is 0 Å². The van der Waals surface area contributed by atoms with Gasteiger partial charge in [-0.15, -0.1) is 0 Å². The van der Waals surface area contributed by atoms with Gasteiger partial charge in [0.25, 0.3) is 0 Å². The molecule has 3 atom stereocenters.